The fourth-order valence-corrected chi connectivity index (χ4v) is 3.00. The number of rotatable bonds is 7. The second-order valence-corrected chi connectivity index (χ2v) is 7.76. The van der Waals surface area contributed by atoms with Crippen molar-refractivity contribution < 1.29 is 9.59 Å². The van der Waals surface area contributed by atoms with Crippen molar-refractivity contribution >= 4 is 28.5 Å². The molecule has 3 amide bonds. The van der Waals surface area contributed by atoms with Gasteiger partial charge in [-0.05, 0) is 62.6 Å². The van der Waals surface area contributed by atoms with Crippen molar-refractivity contribution in [2.45, 2.75) is 39.2 Å². The minimum Gasteiger partial charge on any atom is -0.361 e. The summed E-state index contributed by atoms with van der Waals surface area (Å²) in [6, 6.07) is 14.7. The topological polar surface area (TPSA) is 86.0 Å². The summed E-state index contributed by atoms with van der Waals surface area (Å²) in [5.74, 6) is -0.119. The van der Waals surface area contributed by atoms with Gasteiger partial charge >= 0.3 is 6.03 Å². The number of H-pyrrole nitrogens is 1. The molecule has 0 saturated heterocycles. The molecule has 0 bridgehead atoms. The number of hydrogen-bond acceptors (Lipinski definition) is 2. The minimum atomic E-state index is -0.269. The average Bonchev–Trinajstić information content (AvgIpc) is 3.11. The SMILES string of the molecule is CCC(C)(C)NC(=O)c1ccc(NC(=O)NCCc2c[nH]c3ccccc23)cc1. The first-order valence-corrected chi connectivity index (χ1v) is 9.90. The minimum absolute atomic E-state index is 0.119. The first kappa shape index (κ1) is 20.5. The molecule has 3 aromatic rings. The van der Waals surface area contributed by atoms with Crippen LogP contribution in [-0.4, -0.2) is 29.0 Å². The van der Waals surface area contributed by atoms with E-state index in [4.69, 9.17) is 0 Å². The van der Waals surface area contributed by atoms with Crippen LogP contribution >= 0.6 is 0 Å². The number of fused-ring (bicyclic) bond motifs is 1. The van der Waals surface area contributed by atoms with Crippen LogP contribution in [0.3, 0.4) is 0 Å². The Balaban J connectivity index is 1.48. The fraction of sp³-hybridized carbons (Fsp3) is 0.304. The molecule has 0 aliphatic rings. The Kier molecular flexibility index (Phi) is 6.22. The van der Waals surface area contributed by atoms with Crippen LogP contribution < -0.4 is 16.0 Å². The first-order valence-electron chi connectivity index (χ1n) is 9.90. The fourth-order valence-electron chi connectivity index (χ4n) is 3.00. The van der Waals surface area contributed by atoms with Crippen LogP contribution in [0, 0.1) is 0 Å². The van der Waals surface area contributed by atoms with E-state index in [9.17, 15) is 9.59 Å². The van der Waals surface area contributed by atoms with Crippen molar-refractivity contribution in [3.63, 3.8) is 0 Å². The second-order valence-electron chi connectivity index (χ2n) is 7.76. The third-order valence-corrected chi connectivity index (χ3v) is 5.10. The highest BCUT2D eigenvalue weighted by Crippen LogP contribution is 2.17. The summed E-state index contributed by atoms with van der Waals surface area (Å²) in [7, 11) is 0. The highest BCUT2D eigenvalue weighted by Gasteiger charge is 2.18. The zero-order valence-electron chi connectivity index (χ0n) is 17.1. The molecule has 0 atom stereocenters. The molecule has 0 unspecified atom stereocenters. The van der Waals surface area contributed by atoms with E-state index in [1.54, 1.807) is 24.3 Å². The molecule has 6 heteroatoms. The van der Waals surface area contributed by atoms with Crippen LogP contribution in [0.15, 0.2) is 54.7 Å². The molecule has 152 valence electrons. The summed E-state index contributed by atoms with van der Waals surface area (Å²) in [5, 5.41) is 9.83. The van der Waals surface area contributed by atoms with E-state index in [1.165, 1.54) is 10.9 Å². The number of hydrogen-bond donors (Lipinski definition) is 4. The van der Waals surface area contributed by atoms with E-state index >= 15 is 0 Å². The average molecular weight is 393 g/mol. The van der Waals surface area contributed by atoms with Gasteiger partial charge in [0.1, 0.15) is 0 Å². The van der Waals surface area contributed by atoms with E-state index < -0.39 is 0 Å². The van der Waals surface area contributed by atoms with Crippen molar-refractivity contribution in [3.05, 3.63) is 65.9 Å². The summed E-state index contributed by atoms with van der Waals surface area (Å²) in [5.41, 5.74) is 3.22. The lowest BCUT2D eigenvalue weighted by molar-refractivity contribution is 0.0911. The molecule has 0 aliphatic carbocycles. The summed E-state index contributed by atoms with van der Waals surface area (Å²) in [6.45, 7) is 6.54. The van der Waals surface area contributed by atoms with Gasteiger partial charge in [-0.1, -0.05) is 25.1 Å². The first-order chi connectivity index (χ1) is 13.9. The molecule has 1 aromatic heterocycles. The molecule has 0 aliphatic heterocycles. The van der Waals surface area contributed by atoms with Crippen molar-refractivity contribution in [3.8, 4) is 0 Å². The number of amides is 3. The van der Waals surface area contributed by atoms with E-state index in [2.05, 4.69) is 27.0 Å². The van der Waals surface area contributed by atoms with Crippen LogP contribution in [0.5, 0.6) is 0 Å². The third kappa shape index (κ3) is 5.38. The number of carbonyl (C=O) groups excluding carboxylic acids is 2. The van der Waals surface area contributed by atoms with Gasteiger partial charge in [-0.3, -0.25) is 4.79 Å². The van der Waals surface area contributed by atoms with Crippen molar-refractivity contribution in [2.24, 2.45) is 0 Å². The smallest absolute Gasteiger partial charge is 0.319 e. The summed E-state index contributed by atoms with van der Waals surface area (Å²) < 4.78 is 0. The molecule has 2 aromatic carbocycles. The van der Waals surface area contributed by atoms with Crippen molar-refractivity contribution in [1.82, 2.24) is 15.6 Å². The largest absolute Gasteiger partial charge is 0.361 e. The zero-order valence-corrected chi connectivity index (χ0v) is 17.1. The maximum absolute atomic E-state index is 12.3. The summed E-state index contributed by atoms with van der Waals surface area (Å²) in [6.07, 6.45) is 3.56. The molecule has 0 fully saturated rings. The van der Waals surface area contributed by atoms with Gasteiger partial charge in [0.15, 0.2) is 0 Å². The van der Waals surface area contributed by atoms with Gasteiger partial charge in [-0.15, -0.1) is 0 Å². The van der Waals surface area contributed by atoms with Gasteiger partial charge in [0.25, 0.3) is 5.91 Å². The lowest BCUT2D eigenvalue weighted by atomic mass is 10.0. The van der Waals surface area contributed by atoms with Gasteiger partial charge in [0.05, 0.1) is 0 Å². The van der Waals surface area contributed by atoms with Crippen molar-refractivity contribution in [2.75, 3.05) is 11.9 Å². The van der Waals surface area contributed by atoms with Gasteiger partial charge in [0, 0.05) is 40.4 Å². The molecule has 1 heterocycles. The van der Waals surface area contributed by atoms with Crippen LogP contribution in [-0.2, 0) is 6.42 Å². The predicted octanol–water partition coefficient (Wildman–Crippen LogP) is 4.45. The van der Waals surface area contributed by atoms with Crippen LogP contribution in [0.2, 0.25) is 0 Å². The maximum Gasteiger partial charge on any atom is 0.319 e. The molecule has 3 rings (SSSR count). The Labute approximate surface area is 171 Å². The van der Waals surface area contributed by atoms with Gasteiger partial charge < -0.3 is 20.9 Å². The van der Waals surface area contributed by atoms with Crippen LogP contribution in [0.4, 0.5) is 10.5 Å². The van der Waals surface area contributed by atoms with Crippen LogP contribution in [0.1, 0.15) is 43.1 Å². The van der Waals surface area contributed by atoms with Gasteiger partial charge in [-0.2, -0.15) is 0 Å². The number of aromatic nitrogens is 1. The monoisotopic (exact) mass is 392 g/mol. The Morgan fingerprint density at radius 1 is 1.03 bits per heavy atom. The molecule has 0 saturated carbocycles. The Hall–Kier alpha value is -3.28. The Morgan fingerprint density at radius 2 is 1.76 bits per heavy atom. The number of anilines is 1. The zero-order chi connectivity index (χ0) is 20.9. The highest BCUT2D eigenvalue weighted by atomic mass is 16.2. The number of para-hydroxylation sites is 1. The molecule has 0 spiro atoms. The van der Waals surface area contributed by atoms with E-state index in [0.717, 1.165) is 18.4 Å². The standard InChI is InChI=1S/C23H28N4O2/c1-4-23(2,3)27-21(28)16-9-11-18(12-10-16)26-22(29)24-14-13-17-15-25-20-8-6-5-7-19(17)20/h5-12,15,25H,4,13-14H2,1-3H3,(H,27,28)(H2,24,26,29). The van der Waals surface area contributed by atoms with Gasteiger partial charge in [0.2, 0.25) is 0 Å². The molecule has 29 heavy (non-hydrogen) atoms. The molecule has 4 N–H and O–H groups in total. The van der Waals surface area contributed by atoms with Crippen molar-refractivity contribution in [1.29, 1.82) is 0 Å². The number of urea groups is 1. The quantitative estimate of drug-likeness (QED) is 0.479. The summed E-state index contributed by atoms with van der Waals surface area (Å²) in [4.78, 5) is 27.7. The number of benzene rings is 2. The van der Waals surface area contributed by atoms with Gasteiger partial charge in [-0.25, -0.2) is 4.79 Å². The Bertz CT molecular complexity index is 990. The number of carbonyl (C=O) groups is 2. The normalized spacial score (nSPS) is 11.3. The molecule has 0 radical (unpaired) electrons. The molecular weight excluding hydrogens is 364 g/mol. The highest BCUT2D eigenvalue weighted by molar-refractivity contribution is 5.96. The maximum atomic E-state index is 12.3. The number of nitrogens with one attached hydrogen (secondary N) is 4. The lowest BCUT2D eigenvalue weighted by Crippen LogP contribution is -2.42. The predicted molar refractivity (Wildman–Crippen MR) is 117 cm³/mol. The summed E-state index contributed by atoms with van der Waals surface area (Å²) >= 11 is 0. The van der Waals surface area contributed by atoms with E-state index in [0.29, 0.717) is 17.8 Å². The third-order valence-electron chi connectivity index (χ3n) is 5.10. The number of aromatic amines is 1. The Morgan fingerprint density at radius 3 is 2.48 bits per heavy atom. The van der Waals surface area contributed by atoms with Crippen LogP contribution in [0.25, 0.3) is 10.9 Å². The lowest BCUT2D eigenvalue weighted by Gasteiger charge is -2.24. The molecule has 6 nitrogen and oxygen atoms in total. The second kappa shape index (κ2) is 8.82. The van der Waals surface area contributed by atoms with E-state index in [-0.39, 0.29) is 17.5 Å². The molecular formula is C23H28N4O2. The van der Waals surface area contributed by atoms with E-state index in [1.807, 2.05) is 45.2 Å².